The summed E-state index contributed by atoms with van der Waals surface area (Å²) in [5.41, 5.74) is 0. The van der Waals surface area contributed by atoms with E-state index in [9.17, 15) is 0 Å². The molecule has 0 saturated heterocycles. The highest BCUT2D eigenvalue weighted by atomic mass is 28.4. The average molecular weight is 546 g/mol. The third-order valence-electron chi connectivity index (χ3n) is 7.85. The molecule has 1 unspecified atom stereocenters. The number of unbranched alkanes of at least 4 members (excludes halogenated alkanes) is 12. The van der Waals surface area contributed by atoms with Gasteiger partial charge in [0, 0.05) is 12.5 Å². The zero-order valence-electron chi connectivity index (χ0n) is 25.5. The van der Waals surface area contributed by atoms with Crippen molar-refractivity contribution < 1.29 is 4.43 Å². The molecular formula is C36H55NOSi. The first kappa shape index (κ1) is 33.1. The van der Waals surface area contributed by atoms with E-state index in [0.717, 1.165) is 19.3 Å². The van der Waals surface area contributed by atoms with E-state index in [2.05, 4.69) is 107 Å². The van der Waals surface area contributed by atoms with Gasteiger partial charge in [0.2, 0.25) is 0 Å². The Labute approximate surface area is 242 Å². The number of allylic oxidation sites excluding steroid dienone is 2. The topological polar surface area (TPSA) is 33.0 Å². The van der Waals surface area contributed by atoms with Gasteiger partial charge in [-0.2, -0.15) is 5.26 Å². The van der Waals surface area contributed by atoms with E-state index in [4.69, 9.17) is 9.69 Å². The quantitative estimate of drug-likeness (QED) is 0.0942. The summed E-state index contributed by atoms with van der Waals surface area (Å²) in [5, 5.41) is 11.3. The summed E-state index contributed by atoms with van der Waals surface area (Å²) in [6.07, 6.45) is 23.4. The molecule has 0 aliphatic carbocycles. The zero-order chi connectivity index (χ0) is 28.2. The Morgan fingerprint density at radius 1 is 0.692 bits per heavy atom. The molecule has 0 aliphatic rings. The lowest BCUT2D eigenvalue weighted by Gasteiger charge is -2.44. The second-order valence-corrected chi connectivity index (χ2v) is 16.5. The molecule has 2 nitrogen and oxygen atoms in total. The highest BCUT2D eigenvalue weighted by molar-refractivity contribution is 6.99. The fourth-order valence-electron chi connectivity index (χ4n) is 5.69. The van der Waals surface area contributed by atoms with E-state index >= 15 is 0 Å². The summed E-state index contributed by atoms with van der Waals surface area (Å²) in [4.78, 5) is 0. The summed E-state index contributed by atoms with van der Waals surface area (Å²) in [5.74, 6) is 0. The summed E-state index contributed by atoms with van der Waals surface area (Å²) in [6.45, 7) is 9.39. The molecule has 0 fully saturated rings. The predicted molar refractivity (Wildman–Crippen MR) is 172 cm³/mol. The second-order valence-electron chi connectivity index (χ2n) is 12.2. The van der Waals surface area contributed by atoms with Crippen molar-refractivity contribution >= 4 is 18.7 Å². The molecule has 2 rings (SSSR count). The summed E-state index contributed by atoms with van der Waals surface area (Å²) >= 11 is 0. The van der Waals surface area contributed by atoms with Crippen molar-refractivity contribution in [3.8, 4) is 6.07 Å². The molecule has 0 radical (unpaired) electrons. The van der Waals surface area contributed by atoms with Gasteiger partial charge >= 0.3 is 0 Å². The lowest BCUT2D eigenvalue weighted by Crippen LogP contribution is -2.67. The smallest absolute Gasteiger partial charge is 0.261 e. The molecule has 0 N–H and O–H groups in total. The normalized spacial score (nSPS) is 13.0. The van der Waals surface area contributed by atoms with Crippen LogP contribution in [0.2, 0.25) is 5.04 Å². The van der Waals surface area contributed by atoms with E-state index in [1.807, 2.05) is 0 Å². The largest absolute Gasteiger partial charge is 0.405 e. The summed E-state index contributed by atoms with van der Waals surface area (Å²) in [6, 6.07) is 24.2. The van der Waals surface area contributed by atoms with E-state index in [1.54, 1.807) is 0 Å². The Morgan fingerprint density at radius 2 is 1.13 bits per heavy atom. The van der Waals surface area contributed by atoms with Crippen molar-refractivity contribution in [1.82, 2.24) is 0 Å². The number of nitriles is 1. The van der Waals surface area contributed by atoms with Crippen molar-refractivity contribution in [1.29, 1.82) is 5.26 Å². The second kappa shape index (κ2) is 19.0. The number of hydrogen-bond donors (Lipinski definition) is 0. The molecule has 0 saturated carbocycles. The molecule has 39 heavy (non-hydrogen) atoms. The number of nitrogens with zero attached hydrogens (tertiary/aromatic N) is 1. The Morgan fingerprint density at radius 3 is 1.59 bits per heavy atom. The summed E-state index contributed by atoms with van der Waals surface area (Å²) in [7, 11) is -2.44. The molecule has 214 valence electrons. The van der Waals surface area contributed by atoms with E-state index in [0.29, 0.717) is 6.42 Å². The van der Waals surface area contributed by atoms with Crippen LogP contribution in [0.5, 0.6) is 0 Å². The molecule has 0 heterocycles. The fraction of sp³-hybridized carbons (Fsp3) is 0.583. The van der Waals surface area contributed by atoms with E-state index in [-0.39, 0.29) is 11.1 Å². The van der Waals surface area contributed by atoms with Gasteiger partial charge in [-0.15, -0.1) is 0 Å². The van der Waals surface area contributed by atoms with Gasteiger partial charge in [-0.1, -0.05) is 151 Å². The SMILES string of the molecule is CC(CCCCCCCCCCCC/C=C\CCCC#N)O[Si](c1ccccc1)(c1ccccc1)C(C)(C)C. The first-order chi connectivity index (χ1) is 18.9. The predicted octanol–water partition coefficient (Wildman–Crippen LogP) is 9.88. The van der Waals surface area contributed by atoms with Crippen LogP contribution in [0.3, 0.4) is 0 Å². The highest BCUT2D eigenvalue weighted by Gasteiger charge is 2.50. The van der Waals surface area contributed by atoms with E-state index in [1.165, 1.54) is 81.0 Å². The van der Waals surface area contributed by atoms with Gasteiger partial charge in [-0.05, 0) is 54.4 Å². The molecule has 2 aromatic carbocycles. The van der Waals surface area contributed by atoms with Crippen LogP contribution in [0.15, 0.2) is 72.8 Å². The third-order valence-corrected chi connectivity index (χ3v) is 13.0. The minimum absolute atomic E-state index is 0.0409. The third kappa shape index (κ3) is 11.9. The first-order valence-corrected chi connectivity index (χ1v) is 17.6. The van der Waals surface area contributed by atoms with Crippen molar-refractivity contribution in [2.45, 2.75) is 135 Å². The molecule has 0 spiro atoms. The van der Waals surface area contributed by atoms with Crippen molar-refractivity contribution in [2.24, 2.45) is 0 Å². The minimum Gasteiger partial charge on any atom is -0.405 e. The van der Waals surface area contributed by atoms with Crippen molar-refractivity contribution in [2.75, 3.05) is 0 Å². The summed E-state index contributed by atoms with van der Waals surface area (Å²) < 4.78 is 7.23. The number of rotatable bonds is 20. The molecule has 1 atom stereocenters. The van der Waals surface area contributed by atoms with Gasteiger partial charge in [0.05, 0.1) is 6.07 Å². The van der Waals surface area contributed by atoms with Crippen molar-refractivity contribution in [3.63, 3.8) is 0 Å². The van der Waals surface area contributed by atoms with Crippen molar-refractivity contribution in [3.05, 3.63) is 72.8 Å². The Balaban J connectivity index is 1.66. The van der Waals surface area contributed by atoms with Gasteiger partial charge in [0.25, 0.3) is 8.32 Å². The van der Waals surface area contributed by atoms with Crippen LogP contribution in [-0.2, 0) is 4.43 Å². The van der Waals surface area contributed by atoms with Crippen LogP contribution in [0.1, 0.15) is 124 Å². The molecule has 0 amide bonds. The molecule has 0 aromatic heterocycles. The highest BCUT2D eigenvalue weighted by Crippen LogP contribution is 2.38. The monoisotopic (exact) mass is 545 g/mol. The number of hydrogen-bond acceptors (Lipinski definition) is 2. The number of benzene rings is 2. The van der Waals surface area contributed by atoms with Gasteiger partial charge in [0.1, 0.15) is 0 Å². The maximum atomic E-state index is 8.55. The minimum atomic E-state index is -2.44. The van der Waals surface area contributed by atoms with Gasteiger partial charge in [0.15, 0.2) is 0 Å². The van der Waals surface area contributed by atoms with Crippen LogP contribution in [0.4, 0.5) is 0 Å². The fourth-order valence-corrected chi connectivity index (χ4v) is 10.4. The molecule has 0 aliphatic heterocycles. The standard InChI is InChI=1S/C36H55NOSi/c1-33(27-21-17-15-13-11-9-7-5-6-8-10-12-14-16-18-26-32-37)38-39(36(2,3)4,34-28-22-19-23-29-34)35-30-24-20-25-31-35/h12,14,19-20,22-25,28-31,33H,5-11,13,15-18,21,26-27H2,1-4H3/b14-12-. The van der Waals surface area contributed by atoms with Gasteiger partial charge in [-0.25, -0.2) is 0 Å². The van der Waals surface area contributed by atoms with Crippen LogP contribution in [0, 0.1) is 11.3 Å². The van der Waals surface area contributed by atoms with Crippen LogP contribution in [-0.4, -0.2) is 14.4 Å². The van der Waals surface area contributed by atoms with Gasteiger partial charge < -0.3 is 4.43 Å². The van der Waals surface area contributed by atoms with Crippen LogP contribution in [0.25, 0.3) is 0 Å². The zero-order valence-corrected chi connectivity index (χ0v) is 26.5. The molecule has 0 bridgehead atoms. The molecule has 2 aromatic rings. The lowest BCUT2D eigenvalue weighted by atomic mass is 10.0. The maximum absolute atomic E-state index is 8.55. The maximum Gasteiger partial charge on any atom is 0.261 e. The first-order valence-electron chi connectivity index (χ1n) is 15.7. The lowest BCUT2D eigenvalue weighted by molar-refractivity contribution is 0.192. The Bertz CT molecular complexity index is 902. The Kier molecular flexibility index (Phi) is 16.1. The molecular weight excluding hydrogens is 490 g/mol. The average Bonchev–Trinajstić information content (AvgIpc) is 2.93. The van der Waals surface area contributed by atoms with Crippen LogP contribution >= 0.6 is 0 Å². The Hall–Kier alpha value is -2.15. The van der Waals surface area contributed by atoms with Crippen LogP contribution < -0.4 is 10.4 Å². The van der Waals surface area contributed by atoms with E-state index < -0.39 is 8.32 Å². The molecule has 3 heteroatoms. The van der Waals surface area contributed by atoms with Gasteiger partial charge in [-0.3, -0.25) is 0 Å².